The topological polar surface area (TPSA) is 3.24 Å². The van der Waals surface area contributed by atoms with Gasteiger partial charge in [-0.05, 0) is 12.5 Å². The van der Waals surface area contributed by atoms with Crippen molar-refractivity contribution in [2.75, 3.05) is 12.5 Å². The molecule has 0 unspecified atom stereocenters. The van der Waals surface area contributed by atoms with Gasteiger partial charge in [0.15, 0.2) is 0 Å². The predicted octanol–water partition coefficient (Wildman–Crippen LogP) is 0.579. The summed E-state index contributed by atoms with van der Waals surface area (Å²) in [5.74, 6) is 0. The summed E-state index contributed by atoms with van der Waals surface area (Å²) in [4.78, 5) is 0. The average molecular weight is 181 g/mol. The minimum atomic E-state index is -0.419. The number of rotatable bonds is 3. The molecule has 0 aliphatic carbocycles. The molecule has 0 radical (unpaired) electrons. The molecule has 0 amide bonds. The SMILES string of the molecule is C[SiH2]N([SiH](C)C)[SH](C)C. The quantitative estimate of drug-likeness (QED) is 0.492. The molecule has 0 spiro atoms. The molecule has 0 fully saturated rings. The van der Waals surface area contributed by atoms with Crippen molar-refractivity contribution in [3.05, 3.63) is 0 Å². The lowest BCUT2D eigenvalue weighted by atomic mass is 11.9. The van der Waals surface area contributed by atoms with Crippen molar-refractivity contribution in [1.29, 1.82) is 0 Å². The van der Waals surface area contributed by atoms with Crippen LogP contribution in [0.25, 0.3) is 0 Å². The molecule has 0 N–H and O–H groups in total. The van der Waals surface area contributed by atoms with Crippen LogP contribution in [-0.2, 0) is 0 Å². The highest BCUT2D eigenvalue weighted by molar-refractivity contribution is 8.15. The second-order valence-electron chi connectivity index (χ2n) is 2.70. The van der Waals surface area contributed by atoms with E-state index in [2.05, 4.69) is 35.8 Å². The summed E-state index contributed by atoms with van der Waals surface area (Å²) >= 11 is 0.253. The second kappa shape index (κ2) is 4.54. The average Bonchev–Trinajstić information content (AvgIpc) is 1.64. The van der Waals surface area contributed by atoms with Gasteiger partial charge >= 0.3 is 0 Å². The van der Waals surface area contributed by atoms with Crippen molar-refractivity contribution >= 4 is 29.7 Å². The van der Waals surface area contributed by atoms with Crippen LogP contribution in [0.2, 0.25) is 19.6 Å². The van der Waals surface area contributed by atoms with Gasteiger partial charge in [0.2, 0.25) is 0 Å². The summed E-state index contributed by atoms with van der Waals surface area (Å²) in [6, 6.07) is 0. The van der Waals surface area contributed by atoms with Crippen LogP contribution in [0.1, 0.15) is 0 Å². The van der Waals surface area contributed by atoms with Crippen LogP contribution in [0.15, 0.2) is 0 Å². The van der Waals surface area contributed by atoms with E-state index < -0.39 is 8.96 Å². The highest BCUT2D eigenvalue weighted by Crippen LogP contribution is 2.20. The predicted molar refractivity (Wildman–Crippen MR) is 56.0 cm³/mol. The van der Waals surface area contributed by atoms with Gasteiger partial charge < -0.3 is 3.64 Å². The standard InChI is InChI=1S/C5H19NSSi2/c1-7(2)6(8-3)9(4)5/h7,9H,8H2,1-5H3. The molecular weight excluding hydrogens is 162 g/mol. The molecule has 0 atom stereocenters. The molecular formula is C5H19NSSi2. The lowest BCUT2D eigenvalue weighted by Crippen LogP contribution is -2.32. The van der Waals surface area contributed by atoms with Crippen LogP contribution in [-0.4, -0.2) is 34.8 Å². The molecule has 0 rings (SSSR count). The summed E-state index contributed by atoms with van der Waals surface area (Å²) in [5.41, 5.74) is 0. The van der Waals surface area contributed by atoms with Gasteiger partial charge in [0.1, 0.15) is 8.96 Å². The number of thiol groups is 1. The number of nitrogens with zero attached hydrogens (tertiary/aromatic N) is 1. The summed E-state index contributed by atoms with van der Waals surface area (Å²) in [6.45, 7) is 7.26. The van der Waals surface area contributed by atoms with Crippen LogP contribution >= 0.6 is 11.1 Å². The van der Waals surface area contributed by atoms with Crippen LogP contribution in [0.4, 0.5) is 0 Å². The molecule has 0 aromatic carbocycles. The molecule has 0 aromatic heterocycles. The van der Waals surface area contributed by atoms with E-state index in [4.69, 9.17) is 0 Å². The van der Waals surface area contributed by atoms with Gasteiger partial charge in [-0.3, -0.25) is 0 Å². The van der Waals surface area contributed by atoms with Gasteiger partial charge in [-0.25, -0.2) is 11.1 Å². The van der Waals surface area contributed by atoms with E-state index in [1.807, 2.05) is 0 Å². The van der Waals surface area contributed by atoms with Crippen LogP contribution in [0, 0.1) is 0 Å². The van der Waals surface area contributed by atoms with E-state index in [-0.39, 0.29) is 20.8 Å². The van der Waals surface area contributed by atoms with E-state index >= 15 is 0 Å². The first kappa shape index (κ1) is 9.74. The van der Waals surface area contributed by atoms with Crippen molar-refractivity contribution in [3.8, 4) is 0 Å². The lowest BCUT2D eigenvalue weighted by molar-refractivity contribution is 1.11. The van der Waals surface area contributed by atoms with E-state index in [0.29, 0.717) is 0 Å². The summed E-state index contributed by atoms with van der Waals surface area (Å²) in [7, 11) is -0.263. The van der Waals surface area contributed by atoms with Gasteiger partial charge in [0.05, 0.1) is 9.68 Å². The van der Waals surface area contributed by atoms with Crippen LogP contribution in [0.5, 0.6) is 0 Å². The van der Waals surface area contributed by atoms with Crippen LogP contribution in [0.3, 0.4) is 0 Å². The molecule has 0 aromatic rings. The third-order valence-corrected chi connectivity index (χ3v) is 12.9. The first-order valence-corrected chi connectivity index (χ1v) is 10.6. The summed E-state index contributed by atoms with van der Waals surface area (Å²) < 4.78 is 2.80. The smallest absolute Gasteiger partial charge is 0.107 e. The Hall–Kier alpha value is 0.744. The Labute approximate surface area is 65.9 Å². The zero-order valence-corrected chi connectivity index (χ0v) is 10.6. The molecule has 1 nitrogen and oxygen atoms in total. The maximum atomic E-state index is 2.80. The molecule has 4 heteroatoms. The van der Waals surface area contributed by atoms with E-state index in [1.54, 1.807) is 0 Å². The van der Waals surface area contributed by atoms with Gasteiger partial charge in [-0.15, -0.1) is 0 Å². The lowest BCUT2D eigenvalue weighted by Gasteiger charge is -2.31. The highest BCUT2D eigenvalue weighted by atomic mass is 32.2. The van der Waals surface area contributed by atoms with Crippen molar-refractivity contribution in [2.45, 2.75) is 19.6 Å². The summed E-state index contributed by atoms with van der Waals surface area (Å²) in [5, 5.41) is 0. The molecule has 9 heavy (non-hydrogen) atoms. The molecule has 0 aliphatic heterocycles. The Morgan fingerprint density at radius 2 is 1.78 bits per heavy atom. The Morgan fingerprint density at radius 1 is 1.33 bits per heavy atom. The third-order valence-electron chi connectivity index (χ3n) is 1.43. The first-order chi connectivity index (χ1) is 4.09. The van der Waals surface area contributed by atoms with Crippen molar-refractivity contribution < 1.29 is 0 Å². The maximum Gasteiger partial charge on any atom is 0.107 e. The first-order valence-electron chi connectivity index (χ1n) is 3.53. The molecule has 0 saturated heterocycles. The van der Waals surface area contributed by atoms with E-state index in [1.165, 1.54) is 0 Å². The van der Waals surface area contributed by atoms with Crippen molar-refractivity contribution in [1.82, 2.24) is 3.64 Å². The fourth-order valence-electron chi connectivity index (χ4n) is 1.11. The monoisotopic (exact) mass is 181 g/mol. The van der Waals surface area contributed by atoms with Gasteiger partial charge in [0.25, 0.3) is 0 Å². The van der Waals surface area contributed by atoms with Crippen LogP contribution < -0.4 is 0 Å². The Morgan fingerprint density at radius 3 is 1.78 bits per heavy atom. The Bertz CT molecular complexity index is 69.4. The van der Waals surface area contributed by atoms with Gasteiger partial charge in [-0.2, -0.15) is 0 Å². The molecule has 0 heterocycles. The fraction of sp³-hybridized carbons (Fsp3) is 1.00. The van der Waals surface area contributed by atoms with E-state index in [0.717, 1.165) is 0 Å². The Balaban J connectivity index is 3.68. The molecule has 0 bridgehead atoms. The number of hydrogen-bond acceptors (Lipinski definition) is 1. The summed E-state index contributed by atoms with van der Waals surface area (Å²) in [6.07, 6.45) is 4.75. The fourth-order valence-corrected chi connectivity index (χ4v) is 9.99. The zero-order chi connectivity index (χ0) is 7.44. The van der Waals surface area contributed by atoms with E-state index in [9.17, 15) is 0 Å². The molecule has 58 valence electrons. The highest BCUT2D eigenvalue weighted by Gasteiger charge is 2.07. The normalized spacial score (nSPS) is 14.3. The molecule has 0 aliphatic rings. The van der Waals surface area contributed by atoms with Crippen molar-refractivity contribution in [3.63, 3.8) is 0 Å². The second-order valence-corrected chi connectivity index (χ2v) is 10.7. The largest absolute Gasteiger partial charge is 0.319 e. The van der Waals surface area contributed by atoms with Gasteiger partial charge in [-0.1, -0.05) is 19.6 Å². The minimum Gasteiger partial charge on any atom is -0.319 e. The number of hydrogen-bond donors (Lipinski definition) is 1. The van der Waals surface area contributed by atoms with Gasteiger partial charge in [0, 0.05) is 0 Å². The third kappa shape index (κ3) is 3.45. The zero-order valence-electron chi connectivity index (χ0n) is 7.18. The Kier molecular flexibility index (Phi) is 4.92. The maximum absolute atomic E-state index is 2.80. The minimum absolute atomic E-state index is 0.157. The van der Waals surface area contributed by atoms with Crippen molar-refractivity contribution in [2.24, 2.45) is 0 Å². The molecule has 0 saturated carbocycles.